The van der Waals surface area contributed by atoms with Crippen molar-refractivity contribution in [3.8, 4) is 0 Å². The van der Waals surface area contributed by atoms with Gasteiger partial charge in [-0.05, 0) is 43.9 Å². The number of amides is 2. The van der Waals surface area contributed by atoms with Gasteiger partial charge in [0.2, 0.25) is 0 Å². The van der Waals surface area contributed by atoms with Gasteiger partial charge >= 0.3 is 12.0 Å². The molecule has 0 aromatic rings. The summed E-state index contributed by atoms with van der Waals surface area (Å²) in [7, 11) is 0. The summed E-state index contributed by atoms with van der Waals surface area (Å²) < 4.78 is 5.32. The number of hydrogen-bond acceptors (Lipinski definition) is 3. The van der Waals surface area contributed by atoms with Crippen LogP contribution in [0.1, 0.15) is 45.4 Å². The molecule has 1 unspecified atom stereocenters. The molecule has 0 radical (unpaired) electrons. The number of aliphatic carboxylic acids is 1. The normalized spacial score (nSPS) is 22.9. The molecule has 21 heavy (non-hydrogen) atoms. The number of ether oxygens (including phenoxy) is 1. The molecule has 6 heteroatoms. The molecule has 6 nitrogen and oxygen atoms in total. The van der Waals surface area contributed by atoms with Gasteiger partial charge in [0.15, 0.2) is 0 Å². The number of carbonyl (C=O) groups is 2. The fraction of sp³-hybridized carbons (Fsp3) is 0.867. The Labute approximate surface area is 125 Å². The second kappa shape index (κ2) is 7.11. The second-order valence-electron chi connectivity index (χ2n) is 6.49. The third-order valence-corrected chi connectivity index (χ3v) is 4.90. The van der Waals surface area contributed by atoms with Crippen LogP contribution in [0, 0.1) is 11.3 Å². The van der Waals surface area contributed by atoms with E-state index in [0.29, 0.717) is 12.5 Å². The Kier molecular flexibility index (Phi) is 5.45. The zero-order chi connectivity index (χ0) is 15.3. The van der Waals surface area contributed by atoms with E-state index in [1.807, 2.05) is 6.92 Å². The molecule has 2 amide bonds. The molecule has 1 saturated carbocycles. The van der Waals surface area contributed by atoms with Crippen LogP contribution in [-0.4, -0.2) is 42.9 Å². The predicted molar refractivity (Wildman–Crippen MR) is 78.1 cm³/mol. The van der Waals surface area contributed by atoms with Crippen LogP contribution < -0.4 is 10.6 Å². The van der Waals surface area contributed by atoms with Crippen molar-refractivity contribution in [2.45, 2.75) is 51.5 Å². The average Bonchev–Trinajstić information content (AvgIpc) is 2.42. The summed E-state index contributed by atoms with van der Waals surface area (Å²) in [6, 6.07) is -0.0728. The summed E-state index contributed by atoms with van der Waals surface area (Å²) >= 11 is 0. The zero-order valence-electron chi connectivity index (χ0n) is 12.7. The third kappa shape index (κ3) is 4.59. The average molecular weight is 298 g/mol. The van der Waals surface area contributed by atoms with Crippen molar-refractivity contribution >= 4 is 12.0 Å². The van der Waals surface area contributed by atoms with Gasteiger partial charge in [0.1, 0.15) is 0 Å². The first kappa shape index (κ1) is 16.1. The number of carboxylic acid groups (broad SMARTS) is 1. The molecule has 2 fully saturated rings. The summed E-state index contributed by atoms with van der Waals surface area (Å²) in [4.78, 5) is 22.9. The highest BCUT2D eigenvalue weighted by Gasteiger charge is 2.39. The lowest BCUT2D eigenvalue weighted by atomic mass is 9.66. The Morgan fingerprint density at radius 1 is 1.33 bits per heavy atom. The highest BCUT2D eigenvalue weighted by atomic mass is 16.5. The largest absolute Gasteiger partial charge is 0.481 e. The number of rotatable bonds is 6. The number of nitrogens with one attached hydrogen (secondary N) is 2. The maximum absolute atomic E-state index is 12.0. The van der Waals surface area contributed by atoms with Crippen LogP contribution in [0.2, 0.25) is 0 Å². The summed E-state index contributed by atoms with van der Waals surface area (Å²) in [5.41, 5.74) is -0.231. The Morgan fingerprint density at radius 3 is 2.52 bits per heavy atom. The Bertz CT molecular complexity index is 376. The fourth-order valence-electron chi connectivity index (χ4n) is 3.27. The molecular formula is C15H26N2O4. The third-order valence-electron chi connectivity index (χ3n) is 4.90. The van der Waals surface area contributed by atoms with E-state index in [2.05, 4.69) is 10.6 Å². The van der Waals surface area contributed by atoms with Crippen LogP contribution >= 0.6 is 0 Å². The molecule has 1 aliphatic carbocycles. The maximum atomic E-state index is 12.0. The first-order chi connectivity index (χ1) is 10.0. The van der Waals surface area contributed by atoms with Gasteiger partial charge in [-0.2, -0.15) is 0 Å². The molecule has 2 aliphatic rings. The van der Waals surface area contributed by atoms with E-state index in [-0.39, 0.29) is 23.9 Å². The van der Waals surface area contributed by atoms with Crippen LogP contribution in [0.25, 0.3) is 0 Å². The number of urea groups is 1. The van der Waals surface area contributed by atoms with Crippen molar-refractivity contribution in [2.24, 2.45) is 11.3 Å². The molecule has 120 valence electrons. The molecule has 1 saturated heterocycles. The van der Waals surface area contributed by atoms with Gasteiger partial charge in [0.25, 0.3) is 0 Å². The Hall–Kier alpha value is -1.30. The summed E-state index contributed by atoms with van der Waals surface area (Å²) in [5, 5.41) is 14.8. The van der Waals surface area contributed by atoms with Gasteiger partial charge in [-0.3, -0.25) is 4.79 Å². The molecule has 1 aliphatic heterocycles. The second-order valence-corrected chi connectivity index (χ2v) is 6.49. The molecular weight excluding hydrogens is 272 g/mol. The summed E-state index contributed by atoms with van der Waals surface area (Å²) in [6.07, 6.45) is 4.91. The van der Waals surface area contributed by atoms with Gasteiger partial charge < -0.3 is 20.5 Å². The van der Waals surface area contributed by atoms with Gasteiger partial charge in [0, 0.05) is 25.8 Å². The van der Waals surface area contributed by atoms with Crippen LogP contribution in [0.4, 0.5) is 4.79 Å². The smallest absolute Gasteiger partial charge is 0.315 e. The minimum atomic E-state index is -0.785. The van der Waals surface area contributed by atoms with Crippen molar-refractivity contribution in [2.75, 3.05) is 19.8 Å². The molecule has 1 atom stereocenters. The van der Waals surface area contributed by atoms with Gasteiger partial charge in [-0.25, -0.2) is 4.79 Å². The standard InChI is InChI=1S/C15H26N2O4/c1-11(12-3-7-21-8-4-12)17-14(20)16-10-15(5-2-6-15)9-13(18)19/h11-12H,2-10H2,1H3,(H,18,19)(H2,16,17,20). The Morgan fingerprint density at radius 2 is 2.00 bits per heavy atom. The minimum absolute atomic E-state index is 0.116. The Balaban J connectivity index is 1.72. The predicted octanol–water partition coefficient (Wildman–Crippen LogP) is 1.75. The maximum Gasteiger partial charge on any atom is 0.315 e. The van der Waals surface area contributed by atoms with Crippen molar-refractivity contribution in [1.29, 1.82) is 0 Å². The summed E-state index contributed by atoms with van der Waals surface area (Å²) in [6.45, 7) is 4.00. The lowest BCUT2D eigenvalue weighted by Gasteiger charge is -2.41. The highest BCUT2D eigenvalue weighted by Crippen LogP contribution is 2.43. The topological polar surface area (TPSA) is 87.7 Å². The number of carbonyl (C=O) groups excluding carboxylic acids is 1. The van der Waals surface area contributed by atoms with Crippen molar-refractivity contribution in [1.82, 2.24) is 10.6 Å². The first-order valence-electron chi connectivity index (χ1n) is 7.85. The summed E-state index contributed by atoms with van der Waals surface area (Å²) in [5.74, 6) is -0.325. The van der Waals surface area contributed by atoms with E-state index in [4.69, 9.17) is 9.84 Å². The van der Waals surface area contributed by atoms with Crippen molar-refractivity contribution in [3.05, 3.63) is 0 Å². The zero-order valence-corrected chi connectivity index (χ0v) is 12.7. The molecule has 0 spiro atoms. The lowest BCUT2D eigenvalue weighted by Crippen LogP contribution is -2.50. The van der Waals surface area contributed by atoms with E-state index in [0.717, 1.165) is 45.3 Å². The van der Waals surface area contributed by atoms with Crippen LogP contribution in [-0.2, 0) is 9.53 Å². The van der Waals surface area contributed by atoms with Crippen molar-refractivity contribution < 1.29 is 19.4 Å². The van der Waals surface area contributed by atoms with Crippen LogP contribution in [0.15, 0.2) is 0 Å². The molecule has 0 aromatic carbocycles. The van der Waals surface area contributed by atoms with Gasteiger partial charge in [-0.15, -0.1) is 0 Å². The molecule has 2 rings (SSSR count). The van der Waals surface area contributed by atoms with E-state index < -0.39 is 5.97 Å². The SMILES string of the molecule is CC(NC(=O)NCC1(CC(=O)O)CCC1)C1CCOCC1. The molecule has 1 heterocycles. The quantitative estimate of drug-likeness (QED) is 0.697. The van der Waals surface area contributed by atoms with E-state index in [1.54, 1.807) is 0 Å². The number of hydrogen-bond donors (Lipinski definition) is 3. The molecule has 0 bridgehead atoms. The highest BCUT2D eigenvalue weighted by molar-refractivity contribution is 5.74. The minimum Gasteiger partial charge on any atom is -0.481 e. The lowest BCUT2D eigenvalue weighted by molar-refractivity contribution is -0.141. The molecule has 0 aromatic heterocycles. The fourth-order valence-corrected chi connectivity index (χ4v) is 3.27. The van der Waals surface area contributed by atoms with Crippen LogP contribution in [0.3, 0.4) is 0 Å². The monoisotopic (exact) mass is 298 g/mol. The van der Waals surface area contributed by atoms with Crippen molar-refractivity contribution in [3.63, 3.8) is 0 Å². The molecule has 3 N–H and O–H groups in total. The van der Waals surface area contributed by atoms with Gasteiger partial charge in [0.05, 0.1) is 6.42 Å². The van der Waals surface area contributed by atoms with E-state index in [9.17, 15) is 9.59 Å². The van der Waals surface area contributed by atoms with E-state index in [1.165, 1.54) is 0 Å². The first-order valence-corrected chi connectivity index (χ1v) is 7.85. The van der Waals surface area contributed by atoms with Crippen LogP contribution in [0.5, 0.6) is 0 Å². The van der Waals surface area contributed by atoms with Gasteiger partial charge in [-0.1, -0.05) is 6.42 Å². The number of carboxylic acids is 1. The van der Waals surface area contributed by atoms with E-state index >= 15 is 0 Å².